The van der Waals surface area contributed by atoms with Gasteiger partial charge in [-0.1, -0.05) is 83.9 Å². The standard InChI is InChI=1S/C43H32Cl2N4O5/c44-32-18-13-27(14-19-32)23-30-8-6-11-35-40(30)47-49(42(35)28-15-20-33(45)21-16-28)38(50)26-53-39(51)22-17-31-25-48(34-9-2-1-3-10-34)46-41(31)36-24-29-7-4-5-12-37(29)54-43(36)52/h1-5,7,9-10,12-25,35,42H,6,8,11,26H2/b22-17+,30-23-. The van der Waals surface area contributed by atoms with Crippen LogP contribution in [0.4, 0.5) is 0 Å². The highest BCUT2D eigenvalue weighted by Crippen LogP contribution is 2.44. The first-order valence-corrected chi connectivity index (χ1v) is 18.2. The molecule has 8 rings (SSSR count). The highest BCUT2D eigenvalue weighted by atomic mass is 35.5. The number of amides is 1. The third kappa shape index (κ3) is 7.28. The van der Waals surface area contributed by atoms with Gasteiger partial charge in [0.25, 0.3) is 5.91 Å². The van der Waals surface area contributed by atoms with Crippen LogP contribution < -0.4 is 5.63 Å². The van der Waals surface area contributed by atoms with Crippen molar-refractivity contribution in [3.63, 3.8) is 0 Å². The summed E-state index contributed by atoms with van der Waals surface area (Å²) in [6.07, 6.45) is 9.11. The first kappa shape index (κ1) is 35.0. The summed E-state index contributed by atoms with van der Waals surface area (Å²) in [6.45, 7) is -0.530. The fourth-order valence-electron chi connectivity index (χ4n) is 7.02. The SMILES string of the molecule is O=C(/C=C/c1cn(-c2ccccc2)nc1-c1cc2ccccc2oc1=O)OCC(=O)N1N=C2/C(=C\c3ccc(Cl)cc3)CCCC2C1c1ccc(Cl)cc1. The summed E-state index contributed by atoms with van der Waals surface area (Å²) in [5, 5.41) is 13.0. The molecule has 11 heteroatoms. The molecule has 1 saturated carbocycles. The van der Waals surface area contributed by atoms with Gasteiger partial charge in [0, 0.05) is 39.2 Å². The van der Waals surface area contributed by atoms with Gasteiger partial charge in [-0.05, 0) is 96.6 Å². The number of ether oxygens (including phenoxy) is 1. The molecule has 0 radical (unpaired) electrons. The minimum atomic E-state index is -0.747. The second-order valence-electron chi connectivity index (χ2n) is 13.1. The van der Waals surface area contributed by atoms with Gasteiger partial charge in [0.05, 0.1) is 23.0 Å². The minimum Gasteiger partial charge on any atom is -0.452 e. The Morgan fingerprint density at radius 3 is 2.41 bits per heavy atom. The predicted molar refractivity (Wildman–Crippen MR) is 210 cm³/mol. The molecule has 2 aromatic heterocycles. The second kappa shape index (κ2) is 15.1. The molecule has 0 saturated heterocycles. The van der Waals surface area contributed by atoms with E-state index < -0.39 is 30.2 Å². The van der Waals surface area contributed by atoms with Gasteiger partial charge in [0.15, 0.2) is 6.61 Å². The predicted octanol–water partition coefficient (Wildman–Crippen LogP) is 9.33. The van der Waals surface area contributed by atoms with E-state index in [9.17, 15) is 14.4 Å². The normalized spacial score (nSPS) is 17.6. The number of benzene rings is 4. The van der Waals surface area contributed by atoms with Crippen molar-refractivity contribution >= 4 is 63.9 Å². The molecule has 1 fully saturated rings. The highest BCUT2D eigenvalue weighted by Gasteiger charge is 2.43. The van der Waals surface area contributed by atoms with Crippen LogP contribution in [0.2, 0.25) is 10.0 Å². The monoisotopic (exact) mass is 754 g/mol. The van der Waals surface area contributed by atoms with Gasteiger partial charge in [-0.2, -0.15) is 10.2 Å². The number of halogens is 2. The Morgan fingerprint density at radius 1 is 0.907 bits per heavy atom. The Hall–Kier alpha value is -6.03. The summed E-state index contributed by atoms with van der Waals surface area (Å²) in [4.78, 5) is 40.2. The Labute approximate surface area is 320 Å². The highest BCUT2D eigenvalue weighted by molar-refractivity contribution is 6.30. The number of esters is 1. The largest absolute Gasteiger partial charge is 0.452 e. The molecule has 54 heavy (non-hydrogen) atoms. The number of aromatic nitrogens is 2. The minimum absolute atomic E-state index is 0.0506. The van der Waals surface area contributed by atoms with Crippen molar-refractivity contribution in [2.24, 2.45) is 11.0 Å². The maximum absolute atomic E-state index is 13.9. The number of nitrogens with zero attached hydrogens (tertiary/aromatic N) is 4. The van der Waals surface area contributed by atoms with Gasteiger partial charge in [-0.25, -0.2) is 19.3 Å². The fraction of sp³-hybridized carbons (Fsp3) is 0.140. The maximum atomic E-state index is 13.9. The number of hydrogen-bond donors (Lipinski definition) is 0. The lowest BCUT2D eigenvalue weighted by atomic mass is 9.77. The zero-order valence-corrected chi connectivity index (χ0v) is 30.3. The molecule has 6 aromatic rings. The van der Waals surface area contributed by atoms with Gasteiger partial charge in [0.1, 0.15) is 11.3 Å². The van der Waals surface area contributed by atoms with E-state index in [1.54, 1.807) is 41.2 Å². The van der Waals surface area contributed by atoms with E-state index in [1.165, 1.54) is 17.2 Å². The Balaban J connectivity index is 1.05. The zero-order chi connectivity index (χ0) is 37.2. The number of carbonyl (C=O) groups is 2. The number of hydrazone groups is 1. The lowest BCUT2D eigenvalue weighted by molar-refractivity contribution is -0.149. The Morgan fingerprint density at radius 2 is 1.63 bits per heavy atom. The fourth-order valence-corrected chi connectivity index (χ4v) is 7.28. The third-order valence-electron chi connectivity index (χ3n) is 9.58. The average Bonchev–Trinajstić information content (AvgIpc) is 3.80. The molecule has 0 spiro atoms. The molecular formula is C43H32Cl2N4O5. The van der Waals surface area contributed by atoms with Crippen LogP contribution in [0.5, 0.6) is 0 Å². The van der Waals surface area contributed by atoms with Crippen molar-refractivity contribution in [3.8, 4) is 16.9 Å². The second-order valence-corrected chi connectivity index (χ2v) is 14.0. The maximum Gasteiger partial charge on any atom is 0.345 e. The average molecular weight is 756 g/mol. The van der Waals surface area contributed by atoms with Gasteiger partial charge in [-0.3, -0.25) is 4.79 Å². The molecule has 1 aliphatic carbocycles. The summed E-state index contributed by atoms with van der Waals surface area (Å²) < 4.78 is 12.7. The number of allylic oxidation sites excluding steroid dienone is 1. The van der Waals surface area contributed by atoms with E-state index in [0.29, 0.717) is 26.9 Å². The molecule has 4 aromatic carbocycles. The summed E-state index contributed by atoms with van der Waals surface area (Å²) in [5.41, 5.74) is 5.45. The van der Waals surface area contributed by atoms with Crippen molar-refractivity contribution in [2.45, 2.75) is 25.3 Å². The number of rotatable bonds is 8. The molecule has 3 heterocycles. The molecule has 2 atom stereocenters. The number of carbonyl (C=O) groups excluding carboxylic acids is 2. The number of para-hydroxylation sites is 2. The summed E-state index contributed by atoms with van der Waals surface area (Å²) in [7, 11) is 0. The molecule has 2 unspecified atom stereocenters. The van der Waals surface area contributed by atoms with E-state index in [1.807, 2.05) is 78.9 Å². The lowest BCUT2D eigenvalue weighted by Gasteiger charge is -2.29. The smallest absolute Gasteiger partial charge is 0.345 e. The van der Waals surface area contributed by atoms with Crippen molar-refractivity contribution in [3.05, 3.63) is 164 Å². The number of fused-ring (bicyclic) bond motifs is 2. The van der Waals surface area contributed by atoms with E-state index in [2.05, 4.69) is 6.08 Å². The van der Waals surface area contributed by atoms with Crippen LogP contribution in [0.15, 0.2) is 141 Å². The van der Waals surface area contributed by atoms with Gasteiger partial charge in [-0.15, -0.1) is 0 Å². The van der Waals surface area contributed by atoms with Crippen molar-refractivity contribution in [1.82, 2.24) is 14.8 Å². The third-order valence-corrected chi connectivity index (χ3v) is 10.1. The molecule has 1 amide bonds. The van der Waals surface area contributed by atoms with E-state index >= 15 is 0 Å². The van der Waals surface area contributed by atoms with Crippen molar-refractivity contribution in [1.29, 1.82) is 0 Å². The van der Waals surface area contributed by atoms with Crippen LogP contribution in [0.25, 0.3) is 40.1 Å². The van der Waals surface area contributed by atoms with Crippen LogP contribution in [0.1, 0.15) is 42.0 Å². The number of hydrogen-bond acceptors (Lipinski definition) is 7. The molecule has 9 nitrogen and oxygen atoms in total. The van der Waals surface area contributed by atoms with Crippen LogP contribution in [-0.2, 0) is 14.3 Å². The first-order chi connectivity index (χ1) is 26.3. The van der Waals surface area contributed by atoms with Crippen molar-refractivity contribution in [2.75, 3.05) is 6.61 Å². The quantitative estimate of drug-likeness (QED) is 0.0871. The summed E-state index contributed by atoms with van der Waals surface area (Å²) >= 11 is 12.4. The molecule has 1 aliphatic heterocycles. The Kier molecular flexibility index (Phi) is 9.82. The lowest BCUT2D eigenvalue weighted by Crippen LogP contribution is -2.34. The van der Waals surface area contributed by atoms with Crippen LogP contribution >= 0.6 is 23.2 Å². The van der Waals surface area contributed by atoms with E-state index in [0.717, 1.165) is 52.7 Å². The molecule has 2 aliphatic rings. The topological polar surface area (TPSA) is 107 Å². The van der Waals surface area contributed by atoms with Gasteiger partial charge < -0.3 is 9.15 Å². The van der Waals surface area contributed by atoms with E-state index in [-0.39, 0.29) is 11.5 Å². The summed E-state index contributed by atoms with van der Waals surface area (Å²) in [6, 6.07) is 32.9. The van der Waals surface area contributed by atoms with Crippen LogP contribution in [0, 0.1) is 5.92 Å². The van der Waals surface area contributed by atoms with Crippen molar-refractivity contribution < 1.29 is 18.7 Å². The molecule has 268 valence electrons. The first-order valence-electron chi connectivity index (χ1n) is 17.5. The zero-order valence-electron chi connectivity index (χ0n) is 28.8. The molecule has 0 bridgehead atoms. The van der Waals surface area contributed by atoms with Gasteiger partial charge in [0.2, 0.25) is 0 Å². The van der Waals surface area contributed by atoms with Crippen LogP contribution in [0.3, 0.4) is 0 Å². The molecule has 0 N–H and O–H groups in total. The summed E-state index contributed by atoms with van der Waals surface area (Å²) in [5.74, 6) is -1.26. The van der Waals surface area contributed by atoms with E-state index in [4.69, 9.17) is 42.6 Å². The van der Waals surface area contributed by atoms with Gasteiger partial charge >= 0.3 is 11.6 Å². The van der Waals surface area contributed by atoms with Crippen LogP contribution in [-0.4, -0.2) is 39.0 Å². The Bertz CT molecular complexity index is 2520. The molecular weight excluding hydrogens is 723 g/mol.